The molecule has 0 aliphatic heterocycles. The van der Waals surface area contributed by atoms with Crippen LogP contribution in [0, 0.1) is 0 Å². The average Bonchev–Trinajstić information content (AvgIpc) is 3.33. The molecule has 3 fully saturated rings. The van der Waals surface area contributed by atoms with Gasteiger partial charge in [-0.2, -0.15) is 0 Å². The van der Waals surface area contributed by atoms with Gasteiger partial charge in [-0.05, 0) is 0 Å². The zero-order chi connectivity index (χ0) is 16.7. The van der Waals surface area contributed by atoms with E-state index < -0.39 is 0 Å². The quantitative estimate of drug-likeness (QED) is 0.592. The van der Waals surface area contributed by atoms with Crippen molar-refractivity contribution in [1.29, 1.82) is 0 Å². The summed E-state index contributed by atoms with van der Waals surface area (Å²) in [6.07, 6.45) is 27.5. The molecule has 0 saturated heterocycles. The first-order chi connectivity index (χ1) is 11.7. The predicted molar refractivity (Wildman–Crippen MR) is 115 cm³/mol. The third-order valence-electron chi connectivity index (χ3n) is 8.35. The Kier molecular flexibility index (Phi) is 7.29. The fraction of sp³-hybridized carbons (Fsp3) is 1.00. The van der Waals surface area contributed by atoms with Gasteiger partial charge in [0.05, 0.1) is 14.3 Å². The van der Waals surface area contributed by atoms with Crippen molar-refractivity contribution in [3.8, 4) is 0 Å². The van der Waals surface area contributed by atoms with E-state index in [2.05, 4.69) is 7.85 Å². The Morgan fingerprint density at radius 3 is 1.54 bits per heavy atom. The summed E-state index contributed by atoms with van der Waals surface area (Å²) in [5, 5.41) is 1.46. The molecule has 0 spiro atoms. The van der Waals surface area contributed by atoms with Crippen molar-refractivity contribution in [3.63, 3.8) is 0 Å². The van der Waals surface area contributed by atoms with Crippen LogP contribution in [0.15, 0.2) is 0 Å². The SMILES string of the molecule is BC1(C2(BBC3CCCCCCCC3)CC2)CCCCCCCC1. The molecule has 134 valence electrons. The first-order valence-electron chi connectivity index (χ1n) is 11.7. The molecule has 0 amide bonds. The minimum Gasteiger partial charge on any atom is -0.0733 e. The van der Waals surface area contributed by atoms with Gasteiger partial charge in [-0.15, -0.1) is 0 Å². The van der Waals surface area contributed by atoms with E-state index in [1.165, 1.54) is 89.9 Å². The molecule has 0 aromatic rings. The normalized spacial score (nSPS) is 29.0. The standard InChI is InChI=1S/C21H41B3/c22-20(15-11-7-3-4-8-12-16-20)21(17-18-21)24-23-19-13-9-5-1-2-6-10-14-19/h19,23-24H,1-18,22H2. The lowest BCUT2D eigenvalue weighted by Crippen LogP contribution is -2.30. The average molecular weight is 326 g/mol. The van der Waals surface area contributed by atoms with Crippen LogP contribution in [0.1, 0.15) is 116 Å². The smallest absolute Gasteiger partial charge is 0.0733 e. The van der Waals surface area contributed by atoms with Crippen LogP contribution in [-0.4, -0.2) is 22.2 Å². The second-order valence-corrected chi connectivity index (χ2v) is 10.1. The summed E-state index contributed by atoms with van der Waals surface area (Å²) in [6.45, 7) is 0. The first-order valence-corrected chi connectivity index (χ1v) is 11.7. The van der Waals surface area contributed by atoms with Crippen LogP contribution in [0.4, 0.5) is 0 Å². The minimum absolute atomic E-state index is 0.690. The van der Waals surface area contributed by atoms with Gasteiger partial charge in [0.1, 0.15) is 7.85 Å². The van der Waals surface area contributed by atoms with Gasteiger partial charge in [-0.1, -0.05) is 132 Å². The molecule has 0 unspecified atom stereocenters. The maximum Gasteiger partial charge on any atom is 0.109 e. The molecule has 3 aliphatic carbocycles. The highest BCUT2D eigenvalue weighted by molar-refractivity contribution is 7.03. The maximum absolute atomic E-state index is 2.70. The second kappa shape index (κ2) is 9.22. The van der Waals surface area contributed by atoms with Crippen LogP contribution in [0.5, 0.6) is 0 Å². The van der Waals surface area contributed by atoms with Gasteiger partial charge in [0, 0.05) is 0 Å². The molecule has 0 heterocycles. The van der Waals surface area contributed by atoms with Crippen LogP contribution in [0.25, 0.3) is 0 Å². The monoisotopic (exact) mass is 326 g/mol. The molecule has 3 heteroatoms. The minimum atomic E-state index is 0.690. The van der Waals surface area contributed by atoms with Crippen LogP contribution >= 0.6 is 0 Å². The zero-order valence-electron chi connectivity index (χ0n) is 16.7. The van der Waals surface area contributed by atoms with Gasteiger partial charge in [-0.25, -0.2) is 0 Å². The van der Waals surface area contributed by atoms with Crippen LogP contribution in [-0.2, 0) is 0 Å². The first kappa shape index (κ1) is 19.0. The molecule has 0 nitrogen and oxygen atoms in total. The Bertz CT molecular complexity index is 344. The molecular formula is C21H41B3. The lowest BCUT2D eigenvalue weighted by molar-refractivity contribution is 0.415. The third kappa shape index (κ3) is 5.10. The Balaban J connectivity index is 1.53. The molecule has 0 N–H and O–H groups in total. The van der Waals surface area contributed by atoms with Crippen molar-refractivity contribution in [2.75, 3.05) is 0 Å². The number of hydrogen-bond acceptors (Lipinski definition) is 0. The Morgan fingerprint density at radius 2 is 1.04 bits per heavy atom. The van der Waals surface area contributed by atoms with E-state index in [1.54, 1.807) is 40.0 Å². The van der Waals surface area contributed by atoms with Crippen molar-refractivity contribution in [2.24, 2.45) is 0 Å². The Labute approximate surface area is 154 Å². The van der Waals surface area contributed by atoms with Gasteiger partial charge >= 0.3 is 0 Å². The third-order valence-corrected chi connectivity index (χ3v) is 8.35. The summed E-state index contributed by atoms with van der Waals surface area (Å²) >= 11 is 0. The summed E-state index contributed by atoms with van der Waals surface area (Å²) in [4.78, 5) is 0. The van der Waals surface area contributed by atoms with Gasteiger partial charge in [0.15, 0.2) is 0 Å². The van der Waals surface area contributed by atoms with E-state index >= 15 is 0 Å². The summed E-state index contributed by atoms with van der Waals surface area (Å²) < 4.78 is 0. The molecule has 0 bridgehead atoms. The van der Waals surface area contributed by atoms with Crippen molar-refractivity contribution in [3.05, 3.63) is 0 Å². The van der Waals surface area contributed by atoms with E-state index in [0.29, 0.717) is 5.31 Å². The van der Waals surface area contributed by atoms with Gasteiger partial charge < -0.3 is 0 Å². The van der Waals surface area contributed by atoms with Crippen molar-refractivity contribution < 1.29 is 0 Å². The van der Waals surface area contributed by atoms with Gasteiger partial charge in [0.25, 0.3) is 0 Å². The molecule has 0 aromatic heterocycles. The van der Waals surface area contributed by atoms with Crippen molar-refractivity contribution in [2.45, 2.75) is 132 Å². The fourth-order valence-corrected chi connectivity index (χ4v) is 6.19. The van der Waals surface area contributed by atoms with Crippen LogP contribution in [0.2, 0.25) is 16.4 Å². The largest absolute Gasteiger partial charge is 0.109 e. The zero-order valence-corrected chi connectivity index (χ0v) is 16.7. The van der Waals surface area contributed by atoms with E-state index in [0.717, 1.165) is 11.1 Å². The summed E-state index contributed by atoms with van der Waals surface area (Å²) in [6, 6.07) is 0. The molecule has 3 rings (SSSR count). The molecule has 3 saturated carbocycles. The van der Waals surface area contributed by atoms with Gasteiger partial charge in [-0.3, -0.25) is 0 Å². The highest BCUT2D eigenvalue weighted by Crippen LogP contribution is 2.71. The number of rotatable bonds is 4. The fourth-order valence-electron chi connectivity index (χ4n) is 6.19. The van der Waals surface area contributed by atoms with E-state index in [4.69, 9.17) is 0 Å². The summed E-state index contributed by atoms with van der Waals surface area (Å²) in [5.74, 6) is 1.07. The molecule has 0 atom stereocenters. The molecule has 24 heavy (non-hydrogen) atoms. The number of hydrogen-bond donors (Lipinski definition) is 0. The Hall–Kier alpha value is 0.195. The van der Waals surface area contributed by atoms with E-state index in [1.807, 2.05) is 0 Å². The molecule has 3 aliphatic rings. The van der Waals surface area contributed by atoms with Crippen LogP contribution < -0.4 is 0 Å². The van der Waals surface area contributed by atoms with Crippen molar-refractivity contribution in [1.82, 2.24) is 0 Å². The highest BCUT2D eigenvalue weighted by atomic mass is 14.5. The lowest BCUT2D eigenvalue weighted by atomic mass is 9.22. The molecule has 0 aromatic carbocycles. The van der Waals surface area contributed by atoms with E-state index in [-0.39, 0.29) is 0 Å². The lowest BCUT2D eigenvalue weighted by Gasteiger charge is -2.40. The molecule has 0 radical (unpaired) electrons. The summed E-state index contributed by atoms with van der Waals surface area (Å²) in [5.41, 5.74) is 0. The van der Waals surface area contributed by atoms with Crippen molar-refractivity contribution >= 4 is 22.2 Å². The summed E-state index contributed by atoms with van der Waals surface area (Å²) in [7, 11) is 5.85. The molecular weight excluding hydrogens is 285 g/mol. The van der Waals surface area contributed by atoms with E-state index in [9.17, 15) is 0 Å². The van der Waals surface area contributed by atoms with Gasteiger partial charge in [0.2, 0.25) is 0 Å². The second-order valence-electron chi connectivity index (χ2n) is 10.1. The topological polar surface area (TPSA) is 0 Å². The highest BCUT2D eigenvalue weighted by Gasteiger charge is 2.54. The Morgan fingerprint density at radius 1 is 0.583 bits per heavy atom. The maximum atomic E-state index is 2.70. The predicted octanol–water partition coefficient (Wildman–Crippen LogP) is 5.58. The van der Waals surface area contributed by atoms with Crippen LogP contribution in [0.3, 0.4) is 0 Å².